The van der Waals surface area contributed by atoms with E-state index in [0.29, 0.717) is 0 Å². The molecule has 0 aliphatic carbocycles. The van der Waals surface area contributed by atoms with Crippen molar-refractivity contribution in [1.82, 2.24) is 0 Å². The number of hydrogen-bond donors (Lipinski definition) is 5. The summed E-state index contributed by atoms with van der Waals surface area (Å²) in [7, 11) is 2.67. The van der Waals surface area contributed by atoms with Crippen LogP contribution in [-0.2, 0) is 0 Å². The van der Waals surface area contributed by atoms with Crippen molar-refractivity contribution in [1.29, 1.82) is 0 Å². The third kappa shape index (κ3) is 4.93. The van der Waals surface area contributed by atoms with Crippen LogP contribution in [0, 0.1) is 0 Å². The summed E-state index contributed by atoms with van der Waals surface area (Å²) >= 11 is 0. The number of carboxylic acid groups (broad SMARTS) is 2. The minimum atomic E-state index is -1.14. The van der Waals surface area contributed by atoms with Gasteiger partial charge in [-0.25, -0.2) is 9.59 Å². The summed E-state index contributed by atoms with van der Waals surface area (Å²) in [6.07, 6.45) is 0. The highest BCUT2D eigenvalue weighted by molar-refractivity contribution is 5.89. The first-order chi connectivity index (χ1) is 11.7. The number of benzene rings is 2. The Morgan fingerprint density at radius 2 is 1.24 bits per heavy atom. The standard InChI is InChI=1S/C9H10O5.C7H6O4/c1-13-6-3-5(9(11)12)4-7(14-2)8(6)10;8-5-2-1-4(7(10)11)3-6(5)9/h3-4,10H,1-2H3,(H,11,12);1-3,8-9H,(H,10,11). The Morgan fingerprint density at radius 1 is 0.760 bits per heavy atom. The summed E-state index contributed by atoms with van der Waals surface area (Å²) in [5, 5.41) is 44.2. The molecule has 25 heavy (non-hydrogen) atoms. The van der Waals surface area contributed by atoms with E-state index in [1.54, 1.807) is 0 Å². The van der Waals surface area contributed by atoms with Crippen molar-refractivity contribution >= 4 is 11.9 Å². The molecule has 0 aromatic heterocycles. The Labute approximate surface area is 141 Å². The van der Waals surface area contributed by atoms with Crippen LogP contribution in [0.15, 0.2) is 30.3 Å². The van der Waals surface area contributed by atoms with Crippen LogP contribution < -0.4 is 9.47 Å². The van der Waals surface area contributed by atoms with Crippen LogP contribution in [0.5, 0.6) is 28.7 Å². The van der Waals surface area contributed by atoms with Gasteiger partial charge in [0.1, 0.15) is 0 Å². The van der Waals surface area contributed by atoms with Gasteiger partial charge in [-0.15, -0.1) is 0 Å². The number of hydrogen-bond acceptors (Lipinski definition) is 7. The molecule has 2 rings (SSSR count). The van der Waals surface area contributed by atoms with Crippen LogP contribution in [0.2, 0.25) is 0 Å². The van der Waals surface area contributed by atoms with Gasteiger partial charge in [-0.05, 0) is 30.3 Å². The molecule has 0 heterocycles. The van der Waals surface area contributed by atoms with Gasteiger partial charge in [0.15, 0.2) is 23.0 Å². The Kier molecular flexibility index (Phi) is 6.44. The van der Waals surface area contributed by atoms with Crippen LogP contribution in [0.25, 0.3) is 0 Å². The Hall–Kier alpha value is -3.62. The lowest BCUT2D eigenvalue weighted by Gasteiger charge is -2.08. The van der Waals surface area contributed by atoms with Crippen molar-refractivity contribution in [3.05, 3.63) is 41.5 Å². The molecule has 0 atom stereocenters. The summed E-state index contributed by atoms with van der Waals surface area (Å²) in [5.74, 6) is -3.06. The number of methoxy groups -OCH3 is 2. The first-order valence-electron chi connectivity index (χ1n) is 6.64. The average molecular weight is 352 g/mol. The smallest absolute Gasteiger partial charge is 0.335 e. The van der Waals surface area contributed by atoms with Gasteiger partial charge in [0.2, 0.25) is 5.75 Å². The van der Waals surface area contributed by atoms with E-state index in [9.17, 15) is 14.7 Å². The normalized spacial score (nSPS) is 9.52. The second-order valence-electron chi connectivity index (χ2n) is 4.54. The zero-order chi connectivity index (χ0) is 19.1. The van der Waals surface area contributed by atoms with Gasteiger partial charge in [-0.2, -0.15) is 0 Å². The fourth-order valence-electron chi connectivity index (χ4n) is 1.67. The summed E-state index contributed by atoms with van der Waals surface area (Å²) in [4.78, 5) is 20.9. The van der Waals surface area contributed by atoms with Gasteiger partial charge >= 0.3 is 11.9 Å². The van der Waals surface area contributed by atoms with Gasteiger partial charge in [-0.3, -0.25) is 0 Å². The second-order valence-corrected chi connectivity index (χ2v) is 4.54. The minimum Gasteiger partial charge on any atom is -0.504 e. The van der Waals surface area contributed by atoms with Crippen LogP contribution in [0.3, 0.4) is 0 Å². The summed E-state index contributed by atoms with van der Waals surface area (Å²) in [6.45, 7) is 0. The van der Waals surface area contributed by atoms with Gasteiger partial charge in [0.25, 0.3) is 0 Å². The van der Waals surface area contributed by atoms with Crippen molar-refractivity contribution in [2.45, 2.75) is 0 Å². The highest BCUT2D eigenvalue weighted by atomic mass is 16.5. The fraction of sp³-hybridized carbons (Fsp3) is 0.125. The van der Waals surface area contributed by atoms with Gasteiger partial charge < -0.3 is 35.0 Å². The maximum absolute atomic E-state index is 10.7. The lowest BCUT2D eigenvalue weighted by atomic mass is 10.2. The molecular formula is C16H16O9. The molecule has 2 aromatic rings. The van der Waals surface area contributed by atoms with Crippen LogP contribution in [0.1, 0.15) is 20.7 Å². The average Bonchev–Trinajstić information content (AvgIpc) is 2.57. The fourth-order valence-corrected chi connectivity index (χ4v) is 1.67. The van der Waals surface area contributed by atoms with Gasteiger partial charge in [0.05, 0.1) is 25.3 Å². The van der Waals surface area contributed by atoms with Crippen molar-refractivity contribution in [3.8, 4) is 28.7 Å². The molecule has 0 amide bonds. The molecule has 0 bridgehead atoms. The molecule has 0 fully saturated rings. The van der Waals surface area contributed by atoms with E-state index < -0.39 is 17.7 Å². The monoisotopic (exact) mass is 352 g/mol. The number of phenols is 3. The maximum atomic E-state index is 10.7. The Balaban J connectivity index is 0.000000257. The van der Waals surface area contributed by atoms with E-state index in [2.05, 4.69) is 0 Å². The van der Waals surface area contributed by atoms with Crippen molar-refractivity contribution in [3.63, 3.8) is 0 Å². The van der Waals surface area contributed by atoms with Crippen molar-refractivity contribution < 1.29 is 44.6 Å². The molecule has 0 saturated carbocycles. The highest BCUT2D eigenvalue weighted by Gasteiger charge is 2.14. The zero-order valence-corrected chi connectivity index (χ0v) is 13.3. The lowest BCUT2D eigenvalue weighted by Crippen LogP contribution is -1.98. The molecule has 0 aliphatic heterocycles. The molecule has 134 valence electrons. The number of carboxylic acids is 2. The molecule has 0 unspecified atom stereocenters. The second kappa shape index (κ2) is 8.29. The molecule has 5 N–H and O–H groups in total. The zero-order valence-electron chi connectivity index (χ0n) is 13.3. The number of carbonyl (C=O) groups is 2. The Bertz CT molecular complexity index is 758. The molecule has 0 aliphatic rings. The van der Waals surface area contributed by atoms with E-state index >= 15 is 0 Å². The lowest BCUT2D eigenvalue weighted by molar-refractivity contribution is 0.0685. The van der Waals surface area contributed by atoms with Crippen LogP contribution >= 0.6 is 0 Å². The predicted molar refractivity (Wildman–Crippen MR) is 84.9 cm³/mol. The van der Waals surface area contributed by atoms with Crippen LogP contribution in [-0.4, -0.2) is 51.7 Å². The van der Waals surface area contributed by atoms with E-state index in [-0.39, 0.29) is 34.1 Å². The molecule has 0 spiro atoms. The molecule has 2 aromatic carbocycles. The number of ether oxygens (including phenoxy) is 2. The van der Waals surface area contributed by atoms with Crippen LogP contribution in [0.4, 0.5) is 0 Å². The number of rotatable bonds is 4. The van der Waals surface area contributed by atoms with Crippen molar-refractivity contribution in [2.24, 2.45) is 0 Å². The maximum Gasteiger partial charge on any atom is 0.335 e. The largest absolute Gasteiger partial charge is 0.504 e. The van der Waals surface area contributed by atoms with E-state index in [1.807, 2.05) is 0 Å². The summed E-state index contributed by atoms with van der Waals surface area (Å²) in [6, 6.07) is 5.76. The number of phenolic OH excluding ortho intramolecular Hbond substituents is 3. The van der Waals surface area contributed by atoms with E-state index in [1.165, 1.54) is 32.4 Å². The third-order valence-corrected chi connectivity index (χ3v) is 2.95. The number of aromatic hydroxyl groups is 3. The molecule has 9 nitrogen and oxygen atoms in total. The quantitative estimate of drug-likeness (QED) is 0.519. The minimum absolute atomic E-state index is 0.00324. The molecular weight excluding hydrogens is 336 g/mol. The number of aromatic carboxylic acids is 2. The molecule has 0 radical (unpaired) electrons. The highest BCUT2D eigenvalue weighted by Crippen LogP contribution is 2.36. The third-order valence-electron chi connectivity index (χ3n) is 2.95. The van der Waals surface area contributed by atoms with E-state index in [4.69, 9.17) is 29.9 Å². The first kappa shape index (κ1) is 19.4. The van der Waals surface area contributed by atoms with Crippen molar-refractivity contribution in [2.75, 3.05) is 14.2 Å². The Morgan fingerprint density at radius 3 is 1.60 bits per heavy atom. The first-order valence-corrected chi connectivity index (χ1v) is 6.64. The molecule has 0 saturated heterocycles. The van der Waals surface area contributed by atoms with Gasteiger partial charge in [-0.1, -0.05) is 0 Å². The van der Waals surface area contributed by atoms with Gasteiger partial charge in [0, 0.05) is 0 Å². The summed E-state index contributed by atoms with van der Waals surface area (Å²) < 4.78 is 9.57. The van der Waals surface area contributed by atoms with E-state index in [0.717, 1.165) is 12.1 Å². The SMILES string of the molecule is COc1cc(C(=O)O)cc(OC)c1O.O=C(O)c1ccc(O)c(O)c1. The molecule has 9 heteroatoms. The topological polar surface area (TPSA) is 154 Å². The summed E-state index contributed by atoms with van der Waals surface area (Å²) in [5.41, 5.74) is -0.0585. The predicted octanol–water partition coefficient (Wildman–Crippen LogP) is 1.90.